The summed E-state index contributed by atoms with van der Waals surface area (Å²) in [5.74, 6) is 1.22. The fraction of sp³-hybridized carbons (Fsp3) is 0.154. The normalized spacial score (nSPS) is 11.4. The number of aromatic nitrogens is 3. The van der Waals surface area contributed by atoms with Gasteiger partial charge in [-0.1, -0.05) is 70.9 Å². The number of halogens is 2. The van der Waals surface area contributed by atoms with Crippen molar-refractivity contribution >= 4 is 46.6 Å². The van der Waals surface area contributed by atoms with Crippen molar-refractivity contribution in [2.24, 2.45) is 5.10 Å². The maximum absolute atomic E-state index is 12.6. The summed E-state index contributed by atoms with van der Waals surface area (Å²) in [6.45, 7) is 3.79. The van der Waals surface area contributed by atoms with E-state index in [-0.39, 0.29) is 11.7 Å². The molecule has 1 amide bonds. The highest BCUT2D eigenvalue weighted by Gasteiger charge is 2.17. The molecule has 184 valence electrons. The van der Waals surface area contributed by atoms with E-state index in [1.165, 1.54) is 11.8 Å². The molecule has 0 atom stereocenters. The zero-order valence-electron chi connectivity index (χ0n) is 19.8. The smallest absolute Gasteiger partial charge is 0.250 e. The molecule has 36 heavy (non-hydrogen) atoms. The van der Waals surface area contributed by atoms with Crippen molar-refractivity contribution in [1.82, 2.24) is 20.2 Å². The highest BCUT2D eigenvalue weighted by Crippen LogP contribution is 2.29. The number of methoxy groups -OCH3 is 1. The van der Waals surface area contributed by atoms with Crippen molar-refractivity contribution in [3.8, 4) is 22.8 Å². The Morgan fingerprint density at radius 1 is 1.06 bits per heavy atom. The Bertz CT molecular complexity index is 1400. The molecule has 0 saturated carbocycles. The van der Waals surface area contributed by atoms with Gasteiger partial charge in [-0.3, -0.25) is 9.36 Å². The number of carbonyl (C=O) groups excluding carboxylic acids is 1. The van der Waals surface area contributed by atoms with Crippen LogP contribution < -0.4 is 10.2 Å². The first-order valence-electron chi connectivity index (χ1n) is 10.9. The summed E-state index contributed by atoms with van der Waals surface area (Å²) in [5, 5.41) is 14.5. The second-order valence-corrected chi connectivity index (χ2v) is 9.64. The van der Waals surface area contributed by atoms with Gasteiger partial charge in [-0.05, 0) is 50.2 Å². The van der Waals surface area contributed by atoms with E-state index >= 15 is 0 Å². The SMILES string of the molecule is COc1ccc(-n2c(SCC(=O)N/N=C(/C)c3ccc(Cl)cc3Cl)nnc2-c2ccc(C)cc2)cc1. The van der Waals surface area contributed by atoms with Crippen molar-refractivity contribution in [3.63, 3.8) is 0 Å². The van der Waals surface area contributed by atoms with Crippen molar-refractivity contribution in [2.45, 2.75) is 19.0 Å². The number of aryl methyl sites for hydroxylation is 1. The number of carbonyl (C=O) groups is 1. The summed E-state index contributed by atoms with van der Waals surface area (Å²) >= 11 is 13.4. The number of hydrogen-bond acceptors (Lipinski definition) is 6. The van der Waals surface area contributed by atoms with Crippen LogP contribution in [-0.2, 0) is 4.79 Å². The lowest BCUT2D eigenvalue weighted by molar-refractivity contribution is -0.118. The molecule has 0 saturated heterocycles. The van der Waals surface area contributed by atoms with E-state index in [1.807, 2.05) is 60.0 Å². The van der Waals surface area contributed by atoms with Gasteiger partial charge in [0.25, 0.3) is 5.91 Å². The highest BCUT2D eigenvalue weighted by atomic mass is 35.5. The number of hydrogen-bond donors (Lipinski definition) is 1. The minimum Gasteiger partial charge on any atom is -0.497 e. The molecule has 0 aliphatic rings. The van der Waals surface area contributed by atoms with E-state index in [2.05, 4.69) is 20.7 Å². The fourth-order valence-electron chi connectivity index (χ4n) is 3.37. The molecule has 1 N–H and O–H groups in total. The molecule has 4 aromatic rings. The van der Waals surface area contributed by atoms with E-state index < -0.39 is 0 Å². The number of benzene rings is 3. The van der Waals surface area contributed by atoms with Gasteiger partial charge in [0, 0.05) is 21.8 Å². The Morgan fingerprint density at radius 2 is 1.78 bits per heavy atom. The first kappa shape index (κ1) is 25.8. The zero-order chi connectivity index (χ0) is 25.7. The molecule has 10 heteroatoms. The minimum atomic E-state index is -0.286. The molecule has 0 spiro atoms. The van der Waals surface area contributed by atoms with Gasteiger partial charge in [0.15, 0.2) is 11.0 Å². The maximum atomic E-state index is 12.6. The van der Waals surface area contributed by atoms with Gasteiger partial charge in [-0.25, -0.2) is 5.43 Å². The molecule has 0 bridgehead atoms. The summed E-state index contributed by atoms with van der Waals surface area (Å²) in [5.41, 5.74) is 6.75. The van der Waals surface area contributed by atoms with Crippen LogP contribution in [0.3, 0.4) is 0 Å². The molecule has 1 heterocycles. The number of amides is 1. The Kier molecular flexibility index (Phi) is 8.30. The number of nitrogens with one attached hydrogen (secondary N) is 1. The lowest BCUT2D eigenvalue weighted by Crippen LogP contribution is -2.21. The Morgan fingerprint density at radius 3 is 2.44 bits per heavy atom. The van der Waals surface area contributed by atoms with Crippen molar-refractivity contribution in [2.75, 3.05) is 12.9 Å². The van der Waals surface area contributed by atoms with Crippen molar-refractivity contribution < 1.29 is 9.53 Å². The number of nitrogens with zero attached hydrogens (tertiary/aromatic N) is 4. The van der Waals surface area contributed by atoms with Gasteiger partial charge in [-0.15, -0.1) is 10.2 Å². The van der Waals surface area contributed by atoms with E-state index in [1.54, 1.807) is 32.2 Å². The van der Waals surface area contributed by atoms with Crippen LogP contribution >= 0.6 is 35.0 Å². The second-order valence-electron chi connectivity index (χ2n) is 7.85. The lowest BCUT2D eigenvalue weighted by atomic mass is 10.1. The maximum Gasteiger partial charge on any atom is 0.250 e. The van der Waals surface area contributed by atoms with E-state index in [9.17, 15) is 4.79 Å². The third kappa shape index (κ3) is 6.07. The molecule has 0 aliphatic heterocycles. The van der Waals surface area contributed by atoms with Crippen molar-refractivity contribution in [3.05, 3.63) is 87.9 Å². The van der Waals surface area contributed by atoms with Crippen LogP contribution in [0.4, 0.5) is 0 Å². The molecule has 0 radical (unpaired) electrons. The molecular weight excluding hydrogens is 517 g/mol. The van der Waals surface area contributed by atoms with Gasteiger partial charge >= 0.3 is 0 Å². The average Bonchev–Trinajstić information content (AvgIpc) is 3.30. The highest BCUT2D eigenvalue weighted by molar-refractivity contribution is 7.99. The second kappa shape index (κ2) is 11.6. The summed E-state index contributed by atoms with van der Waals surface area (Å²) in [7, 11) is 1.62. The topological polar surface area (TPSA) is 81.4 Å². The van der Waals surface area contributed by atoms with Crippen LogP contribution in [0.5, 0.6) is 5.75 Å². The molecule has 3 aromatic carbocycles. The van der Waals surface area contributed by atoms with Crippen molar-refractivity contribution in [1.29, 1.82) is 0 Å². The van der Waals surface area contributed by atoms with E-state index in [0.717, 1.165) is 22.6 Å². The number of hydrazone groups is 1. The summed E-state index contributed by atoms with van der Waals surface area (Å²) in [4.78, 5) is 12.6. The van der Waals surface area contributed by atoms with Crippen LogP contribution in [0, 0.1) is 6.92 Å². The number of thioether (sulfide) groups is 1. The first-order chi connectivity index (χ1) is 17.4. The molecule has 1 aromatic heterocycles. The minimum absolute atomic E-state index is 0.0906. The Labute approximate surface area is 223 Å². The van der Waals surface area contributed by atoms with E-state index in [0.29, 0.717) is 32.3 Å². The van der Waals surface area contributed by atoms with Crippen LogP contribution in [0.1, 0.15) is 18.1 Å². The van der Waals surface area contributed by atoms with Gasteiger partial charge in [0.05, 0.1) is 23.6 Å². The molecule has 0 fully saturated rings. The third-order valence-electron chi connectivity index (χ3n) is 5.28. The Hall–Kier alpha value is -3.33. The summed E-state index contributed by atoms with van der Waals surface area (Å²) < 4.78 is 7.21. The molecule has 4 rings (SSSR count). The summed E-state index contributed by atoms with van der Waals surface area (Å²) in [6, 6.07) is 20.7. The monoisotopic (exact) mass is 539 g/mol. The van der Waals surface area contributed by atoms with Gasteiger partial charge < -0.3 is 4.74 Å². The molecule has 7 nitrogen and oxygen atoms in total. The quantitative estimate of drug-likeness (QED) is 0.164. The van der Waals surface area contributed by atoms with Crippen LogP contribution in [0.2, 0.25) is 10.0 Å². The zero-order valence-corrected chi connectivity index (χ0v) is 22.2. The lowest BCUT2D eigenvalue weighted by Gasteiger charge is -2.11. The van der Waals surface area contributed by atoms with Gasteiger partial charge in [0.2, 0.25) is 0 Å². The average molecular weight is 540 g/mol. The largest absolute Gasteiger partial charge is 0.497 e. The van der Waals surface area contributed by atoms with E-state index in [4.69, 9.17) is 27.9 Å². The Balaban J connectivity index is 1.54. The van der Waals surface area contributed by atoms with Gasteiger partial charge in [0.1, 0.15) is 5.75 Å². The number of rotatable bonds is 8. The standard InChI is InChI=1S/C26H23Cl2N5O2S/c1-16-4-6-18(7-5-16)25-31-32-26(33(25)20-9-11-21(35-3)12-10-20)36-15-24(34)30-29-17(2)22-13-8-19(27)14-23(22)28/h4-14H,15H2,1-3H3,(H,30,34)/b29-17-. The fourth-order valence-corrected chi connectivity index (χ4v) is 4.66. The predicted octanol–water partition coefficient (Wildman–Crippen LogP) is 6.19. The van der Waals surface area contributed by atoms with Crippen LogP contribution in [0.25, 0.3) is 17.1 Å². The first-order valence-corrected chi connectivity index (χ1v) is 12.7. The third-order valence-corrected chi connectivity index (χ3v) is 6.75. The predicted molar refractivity (Wildman–Crippen MR) is 146 cm³/mol. The molecular formula is C26H23Cl2N5O2S. The molecule has 0 unspecified atom stereocenters. The number of ether oxygens (including phenoxy) is 1. The van der Waals surface area contributed by atoms with Gasteiger partial charge in [-0.2, -0.15) is 5.10 Å². The molecule has 0 aliphatic carbocycles. The summed E-state index contributed by atoms with van der Waals surface area (Å²) in [6.07, 6.45) is 0. The van der Waals surface area contributed by atoms with Crippen LogP contribution in [-0.4, -0.2) is 39.2 Å². The van der Waals surface area contributed by atoms with Crippen LogP contribution in [0.15, 0.2) is 77.0 Å².